The van der Waals surface area contributed by atoms with Gasteiger partial charge in [-0.1, -0.05) is 18.2 Å². The van der Waals surface area contributed by atoms with Crippen LogP contribution in [-0.4, -0.2) is 52.5 Å². The number of nitrogens with zero attached hydrogens (tertiary/aromatic N) is 3. The van der Waals surface area contributed by atoms with Gasteiger partial charge in [-0.25, -0.2) is 0 Å². The van der Waals surface area contributed by atoms with E-state index in [-0.39, 0.29) is 17.5 Å². The quantitative estimate of drug-likeness (QED) is 0.843. The van der Waals surface area contributed by atoms with Gasteiger partial charge in [-0.3, -0.25) is 9.59 Å². The molecule has 2 aromatic rings. The minimum absolute atomic E-state index is 0.0108. The summed E-state index contributed by atoms with van der Waals surface area (Å²) in [5.74, 6) is 0.0108. The lowest BCUT2D eigenvalue weighted by Crippen LogP contribution is -2.47. The summed E-state index contributed by atoms with van der Waals surface area (Å²) in [6.07, 6.45) is 4.46. The van der Waals surface area contributed by atoms with Gasteiger partial charge in [0.15, 0.2) is 0 Å². The van der Waals surface area contributed by atoms with Gasteiger partial charge in [0.1, 0.15) is 0 Å². The Hall–Kier alpha value is -2.14. The van der Waals surface area contributed by atoms with Crippen molar-refractivity contribution >= 4 is 16.8 Å². The molecule has 25 heavy (non-hydrogen) atoms. The third kappa shape index (κ3) is 2.67. The third-order valence-electron chi connectivity index (χ3n) is 5.97. The molecule has 2 fully saturated rings. The number of carbonyl (C=O) groups excluding carboxylic acids is 1. The molecule has 5 heteroatoms. The highest BCUT2D eigenvalue weighted by Crippen LogP contribution is 2.31. The van der Waals surface area contributed by atoms with Crippen LogP contribution in [0.25, 0.3) is 10.9 Å². The maximum absolute atomic E-state index is 13.4. The molecule has 3 heterocycles. The Kier molecular flexibility index (Phi) is 4.12. The van der Waals surface area contributed by atoms with Gasteiger partial charge in [0, 0.05) is 37.1 Å². The number of likely N-dealkylation sites (tertiary alicyclic amines) is 2. The molecule has 2 atom stereocenters. The molecule has 2 aliphatic rings. The fourth-order valence-corrected chi connectivity index (χ4v) is 4.61. The molecule has 0 spiro atoms. The fraction of sp³-hybridized carbons (Fsp3) is 0.500. The third-order valence-corrected chi connectivity index (χ3v) is 5.97. The molecule has 2 saturated heterocycles. The fourth-order valence-electron chi connectivity index (χ4n) is 4.61. The monoisotopic (exact) mass is 339 g/mol. The van der Waals surface area contributed by atoms with Gasteiger partial charge in [0.2, 0.25) is 0 Å². The summed E-state index contributed by atoms with van der Waals surface area (Å²) in [6.45, 7) is 1.90. The Morgan fingerprint density at radius 3 is 2.52 bits per heavy atom. The summed E-state index contributed by atoms with van der Waals surface area (Å²) in [7, 11) is 3.91. The predicted octanol–water partition coefficient (Wildman–Crippen LogP) is 2.24. The molecule has 0 N–H and O–H groups in total. The minimum Gasteiger partial charge on any atom is -0.334 e. The van der Waals surface area contributed by atoms with E-state index in [2.05, 4.69) is 11.9 Å². The van der Waals surface area contributed by atoms with Crippen LogP contribution in [0.4, 0.5) is 0 Å². The molecule has 4 rings (SSSR count). The van der Waals surface area contributed by atoms with Crippen LogP contribution in [0.2, 0.25) is 0 Å². The van der Waals surface area contributed by atoms with Crippen molar-refractivity contribution in [3.63, 3.8) is 0 Å². The summed E-state index contributed by atoms with van der Waals surface area (Å²) in [6, 6.07) is 9.90. The summed E-state index contributed by atoms with van der Waals surface area (Å²) in [5, 5.41) is 0.861. The van der Waals surface area contributed by atoms with Crippen molar-refractivity contribution in [3.05, 3.63) is 46.2 Å². The lowest BCUT2D eigenvalue weighted by Gasteiger charge is -2.33. The standard InChI is InChI=1S/C20H25N3O2/c1-21-11-5-9-17(21)18-10-6-12-23(18)20(25)15-13-19(24)22(2)16-8-4-3-7-14(15)16/h3-4,7-8,13,17-18H,5-6,9-12H2,1-2H3. The number of para-hydroxylation sites is 1. The number of rotatable bonds is 2. The molecule has 0 bridgehead atoms. The van der Waals surface area contributed by atoms with E-state index in [0.29, 0.717) is 11.6 Å². The number of likely N-dealkylation sites (N-methyl/N-ethyl adjacent to an activating group) is 1. The van der Waals surface area contributed by atoms with Crippen LogP contribution in [0.15, 0.2) is 35.1 Å². The van der Waals surface area contributed by atoms with Crippen molar-refractivity contribution < 1.29 is 4.79 Å². The predicted molar refractivity (Wildman–Crippen MR) is 98.9 cm³/mol. The van der Waals surface area contributed by atoms with Gasteiger partial charge in [0.25, 0.3) is 11.5 Å². The Morgan fingerprint density at radius 1 is 1.04 bits per heavy atom. The highest BCUT2D eigenvalue weighted by molar-refractivity contribution is 6.06. The first-order valence-electron chi connectivity index (χ1n) is 9.18. The first-order valence-corrected chi connectivity index (χ1v) is 9.18. The summed E-state index contributed by atoms with van der Waals surface area (Å²) in [4.78, 5) is 30.1. The molecule has 2 unspecified atom stereocenters. The Bertz CT molecular complexity index is 873. The van der Waals surface area contributed by atoms with E-state index in [1.165, 1.54) is 12.5 Å². The maximum atomic E-state index is 13.4. The minimum atomic E-state index is -0.129. The lowest BCUT2D eigenvalue weighted by molar-refractivity contribution is 0.0666. The van der Waals surface area contributed by atoms with Crippen molar-refractivity contribution in [2.75, 3.05) is 20.1 Å². The van der Waals surface area contributed by atoms with E-state index in [4.69, 9.17) is 0 Å². The van der Waals surface area contributed by atoms with Crippen LogP contribution in [-0.2, 0) is 7.05 Å². The number of pyridine rings is 1. The van der Waals surface area contributed by atoms with Gasteiger partial charge in [0.05, 0.1) is 11.1 Å². The van der Waals surface area contributed by atoms with E-state index in [1.807, 2.05) is 29.2 Å². The number of hydrogen-bond acceptors (Lipinski definition) is 3. The zero-order chi connectivity index (χ0) is 17.6. The van der Waals surface area contributed by atoms with Gasteiger partial charge < -0.3 is 14.4 Å². The van der Waals surface area contributed by atoms with Crippen LogP contribution in [0.1, 0.15) is 36.0 Å². The van der Waals surface area contributed by atoms with Gasteiger partial charge in [-0.05, 0) is 45.3 Å². The highest BCUT2D eigenvalue weighted by Gasteiger charge is 2.39. The first-order chi connectivity index (χ1) is 12.1. The molecule has 1 aromatic heterocycles. The van der Waals surface area contributed by atoms with Crippen molar-refractivity contribution in [1.82, 2.24) is 14.4 Å². The molecular formula is C20H25N3O2. The highest BCUT2D eigenvalue weighted by atomic mass is 16.2. The van der Waals surface area contributed by atoms with Crippen molar-refractivity contribution in [2.45, 2.75) is 37.8 Å². The van der Waals surface area contributed by atoms with Crippen molar-refractivity contribution in [1.29, 1.82) is 0 Å². The largest absolute Gasteiger partial charge is 0.334 e. The molecule has 5 nitrogen and oxygen atoms in total. The number of fused-ring (bicyclic) bond motifs is 1. The van der Waals surface area contributed by atoms with Crippen LogP contribution < -0.4 is 5.56 Å². The maximum Gasteiger partial charge on any atom is 0.255 e. The van der Waals surface area contributed by atoms with Gasteiger partial charge >= 0.3 is 0 Å². The number of benzene rings is 1. The van der Waals surface area contributed by atoms with E-state index < -0.39 is 0 Å². The number of hydrogen-bond donors (Lipinski definition) is 0. The van der Waals surface area contributed by atoms with Crippen molar-refractivity contribution in [3.8, 4) is 0 Å². The van der Waals surface area contributed by atoms with Gasteiger partial charge in [-0.15, -0.1) is 0 Å². The Morgan fingerprint density at radius 2 is 1.76 bits per heavy atom. The second-order valence-electron chi connectivity index (χ2n) is 7.37. The normalized spacial score (nSPS) is 24.3. The summed E-state index contributed by atoms with van der Waals surface area (Å²) in [5.41, 5.74) is 1.23. The zero-order valence-electron chi connectivity index (χ0n) is 14.9. The zero-order valence-corrected chi connectivity index (χ0v) is 14.9. The van der Waals surface area contributed by atoms with E-state index in [9.17, 15) is 9.59 Å². The molecule has 1 aromatic carbocycles. The van der Waals surface area contributed by atoms with E-state index in [1.54, 1.807) is 11.6 Å². The number of aryl methyl sites for hydroxylation is 1. The van der Waals surface area contributed by atoms with Crippen LogP contribution in [0, 0.1) is 0 Å². The topological polar surface area (TPSA) is 45.6 Å². The van der Waals surface area contributed by atoms with Crippen LogP contribution in [0.5, 0.6) is 0 Å². The Balaban J connectivity index is 1.75. The number of amides is 1. The molecule has 1 amide bonds. The number of carbonyl (C=O) groups is 1. The van der Waals surface area contributed by atoms with Crippen LogP contribution >= 0.6 is 0 Å². The van der Waals surface area contributed by atoms with Gasteiger partial charge in [-0.2, -0.15) is 0 Å². The second kappa shape index (κ2) is 6.30. The Labute approximate surface area is 147 Å². The molecule has 0 aliphatic carbocycles. The summed E-state index contributed by atoms with van der Waals surface area (Å²) >= 11 is 0. The smallest absolute Gasteiger partial charge is 0.255 e. The second-order valence-corrected chi connectivity index (χ2v) is 7.37. The number of aromatic nitrogens is 1. The SMILES string of the molecule is CN1CCCC1C1CCCN1C(=O)c1cc(=O)n(C)c2ccccc12. The molecular weight excluding hydrogens is 314 g/mol. The molecule has 0 saturated carbocycles. The molecule has 2 aliphatic heterocycles. The van der Waals surface area contributed by atoms with Crippen molar-refractivity contribution in [2.24, 2.45) is 7.05 Å². The average molecular weight is 339 g/mol. The van der Waals surface area contributed by atoms with E-state index >= 15 is 0 Å². The average Bonchev–Trinajstić information content (AvgIpc) is 3.26. The van der Waals surface area contributed by atoms with E-state index in [0.717, 1.165) is 43.3 Å². The molecule has 132 valence electrons. The molecule has 0 radical (unpaired) electrons. The summed E-state index contributed by atoms with van der Waals surface area (Å²) < 4.78 is 1.61. The first kappa shape index (κ1) is 16.3. The lowest BCUT2D eigenvalue weighted by atomic mass is 10.0. The van der Waals surface area contributed by atoms with Crippen LogP contribution in [0.3, 0.4) is 0 Å².